The maximum Gasteiger partial charge on any atom is 0.138 e. The van der Waals surface area contributed by atoms with E-state index in [-0.39, 0.29) is 0 Å². The first kappa shape index (κ1) is 14.7. The van der Waals surface area contributed by atoms with Crippen molar-refractivity contribution in [3.8, 4) is 11.1 Å². The van der Waals surface area contributed by atoms with Crippen molar-refractivity contribution in [1.82, 2.24) is 19.7 Å². The molecule has 0 bridgehead atoms. The number of aromatic amines is 1. The Bertz CT molecular complexity index is 1050. The molecule has 0 unspecified atom stereocenters. The van der Waals surface area contributed by atoms with Crippen LogP contribution in [0.25, 0.3) is 32.9 Å². The number of aryl methyl sites for hydroxylation is 1. The van der Waals surface area contributed by atoms with Gasteiger partial charge in [-0.2, -0.15) is 5.10 Å². The number of hydrogen-bond donors (Lipinski definition) is 1. The highest BCUT2D eigenvalue weighted by atomic mass is 15.2. The third-order valence-corrected chi connectivity index (χ3v) is 5.63. The molecule has 0 amide bonds. The van der Waals surface area contributed by atoms with E-state index in [0.717, 1.165) is 11.2 Å². The standard InChI is InChI=1S/C21H22N4/c1-25-13-17(11-24-25)15-7-8-16-10-22-21-20(18(16)9-15)19(12-23-21)14-5-3-2-4-6-14/h7-14H,2-6H2,1H3,(H,22,23). The smallest absolute Gasteiger partial charge is 0.138 e. The minimum Gasteiger partial charge on any atom is -0.346 e. The highest BCUT2D eigenvalue weighted by Gasteiger charge is 2.20. The molecule has 4 heteroatoms. The van der Waals surface area contributed by atoms with E-state index in [1.54, 1.807) is 0 Å². The van der Waals surface area contributed by atoms with E-state index in [9.17, 15) is 0 Å². The van der Waals surface area contributed by atoms with Crippen LogP contribution in [0.3, 0.4) is 0 Å². The van der Waals surface area contributed by atoms with Crippen molar-refractivity contribution in [3.63, 3.8) is 0 Å². The van der Waals surface area contributed by atoms with Crippen LogP contribution in [0.2, 0.25) is 0 Å². The maximum absolute atomic E-state index is 4.66. The SMILES string of the molecule is Cn1cc(-c2ccc3cnc4[nH]cc(C5CCCCC5)c4c3c2)cn1. The number of aromatic nitrogens is 4. The number of hydrogen-bond acceptors (Lipinski definition) is 2. The second-order valence-corrected chi connectivity index (χ2v) is 7.27. The summed E-state index contributed by atoms with van der Waals surface area (Å²) in [5.74, 6) is 0.664. The van der Waals surface area contributed by atoms with Crippen LogP contribution in [0.4, 0.5) is 0 Å². The topological polar surface area (TPSA) is 46.5 Å². The van der Waals surface area contributed by atoms with E-state index < -0.39 is 0 Å². The Morgan fingerprint density at radius 3 is 2.76 bits per heavy atom. The maximum atomic E-state index is 4.66. The molecule has 1 aromatic carbocycles. The first-order valence-corrected chi connectivity index (χ1v) is 9.18. The van der Waals surface area contributed by atoms with Gasteiger partial charge in [0, 0.05) is 42.0 Å². The lowest BCUT2D eigenvalue weighted by molar-refractivity contribution is 0.445. The van der Waals surface area contributed by atoms with Crippen LogP contribution in [-0.4, -0.2) is 19.7 Å². The number of fused-ring (bicyclic) bond motifs is 3. The Morgan fingerprint density at radius 2 is 1.96 bits per heavy atom. The van der Waals surface area contributed by atoms with E-state index >= 15 is 0 Å². The van der Waals surface area contributed by atoms with Crippen LogP contribution >= 0.6 is 0 Å². The van der Waals surface area contributed by atoms with Gasteiger partial charge in [-0.15, -0.1) is 0 Å². The third kappa shape index (κ3) is 2.44. The van der Waals surface area contributed by atoms with E-state index in [0.29, 0.717) is 5.92 Å². The molecule has 4 aromatic rings. The number of benzene rings is 1. The number of rotatable bonds is 2. The van der Waals surface area contributed by atoms with Crippen molar-refractivity contribution in [3.05, 3.63) is 48.5 Å². The van der Waals surface area contributed by atoms with E-state index in [1.165, 1.54) is 59.4 Å². The summed E-state index contributed by atoms with van der Waals surface area (Å²) in [4.78, 5) is 8.07. The predicted molar refractivity (Wildman–Crippen MR) is 102 cm³/mol. The summed E-state index contributed by atoms with van der Waals surface area (Å²) >= 11 is 0. The summed E-state index contributed by atoms with van der Waals surface area (Å²) < 4.78 is 1.85. The molecule has 3 aromatic heterocycles. The van der Waals surface area contributed by atoms with Gasteiger partial charge in [0.1, 0.15) is 5.65 Å². The molecule has 1 saturated carbocycles. The number of nitrogens with one attached hydrogen (secondary N) is 1. The van der Waals surface area contributed by atoms with Crippen LogP contribution in [0.1, 0.15) is 43.6 Å². The Labute approximate surface area is 146 Å². The van der Waals surface area contributed by atoms with Crippen LogP contribution in [0.5, 0.6) is 0 Å². The van der Waals surface area contributed by atoms with Gasteiger partial charge >= 0.3 is 0 Å². The lowest BCUT2D eigenvalue weighted by Gasteiger charge is -2.21. The second kappa shape index (κ2) is 5.73. The zero-order chi connectivity index (χ0) is 16.8. The highest BCUT2D eigenvalue weighted by Crippen LogP contribution is 2.39. The summed E-state index contributed by atoms with van der Waals surface area (Å²) in [6.45, 7) is 0. The lowest BCUT2D eigenvalue weighted by Crippen LogP contribution is -2.03. The van der Waals surface area contributed by atoms with Crippen molar-refractivity contribution in [1.29, 1.82) is 0 Å². The molecule has 1 N–H and O–H groups in total. The monoisotopic (exact) mass is 330 g/mol. The summed E-state index contributed by atoms with van der Waals surface area (Å²) in [5.41, 5.74) is 4.83. The summed E-state index contributed by atoms with van der Waals surface area (Å²) in [6.07, 6.45) is 14.8. The number of pyridine rings is 1. The molecule has 126 valence electrons. The summed E-state index contributed by atoms with van der Waals surface area (Å²) in [7, 11) is 1.96. The van der Waals surface area contributed by atoms with Crippen molar-refractivity contribution in [2.45, 2.75) is 38.0 Å². The van der Waals surface area contributed by atoms with Crippen molar-refractivity contribution < 1.29 is 0 Å². The zero-order valence-corrected chi connectivity index (χ0v) is 14.5. The quantitative estimate of drug-likeness (QED) is 0.551. The highest BCUT2D eigenvalue weighted by molar-refractivity contribution is 6.07. The van der Waals surface area contributed by atoms with Crippen LogP contribution in [-0.2, 0) is 7.05 Å². The van der Waals surface area contributed by atoms with Crippen LogP contribution in [0, 0.1) is 0 Å². The molecular formula is C21H22N4. The predicted octanol–water partition coefficient (Wildman–Crippen LogP) is 5.16. The summed E-state index contributed by atoms with van der Waals surface area (Å²) in [5, 5.41) is 8.13. The van der Waals surface area contributed by atoms with Gasteiger partial charge in [0.2, 0.25) is 0 Å². The van der Waals surface area contributed by atoms with Crippen molar-refractivity contribution in [2.24, 2.45) is 7.05 Å². The molecule has 1 aliphatic carbocycles. The van der Waals surface area contributed by atoms with Crippen molar-refractivity contribution >= 4 is 21.8 Å². The largest absolute Gasteiger partial charge is 0.346 e. The third-order valence-electron chi connectivity index (χ3n) is 5.63. The molecule has 1 fully saturated rings. The van der Waals surface area contributed by atoms with E-state index in [2.05, 4.69) is 45.7 Å². The van der Waals surface area contributed by atoms with Gasteiger partial charge < -0.3 is 4.98 Å². The van der Waals surface area contributed by atoms with Gasteiger partial charge in [0.05, 0.1) is 6.20 Å². The van der Waals surface area contributed by atoms with E-state index in [4.69, 9.17) is 0 Å². The minimum atomic E-state index is 0.664. The molecule has 0 spiro atoms. The fourth-order valence-corrected chi connectivity index (χ4v) is 4.32. The summed E-state index contributed by atoms with van der Waals surface area (Å²) in [6, 6.07) is 6.65. The molecule has 0 radical (unpaired) electrons. The normalized spacial score (nSPS) is 16.0. The molecule has 0 aliphatic heterocycles. The first-order chi connectivity index (χ1) is 12.3. The van der Waals surface area contributed by atoms with Gasteiger partial charge in [-0.25, -0.2) is 4.98 Å². The minimum absolute atomic E-state index is 0.664. The molecule has 1 aliphatic rings. The average Bonchev–Trinajstić information content (AvgIpc) is 3.28. The van der Waals surface area contributed by atoms with Crippen molar-refractivity contribution in [2.75, 3.05) is 0 Å². The fourth-order valence-electron chi connectivity index (χ4n) is 4.32. The first-order valence-electron chi connectivity index (χ1n) is 9.18. The van der Waals surface area contributed by atoms with Gasteiger partial charge in [-0.3, -0.25) is 4.68 Å². The Balaban J connectivity index is 1.73. The number of H-pyrrole nitrogens is 1. The second-order valence-electron chi connectivity index (χ2n) is 7.27. The Morgan fingerprint density at radius 1 is 1.08 bits per heavy atom. The Kier molecular flexibility index (Phi) is 3.37. The van der Waals surface area contributed by atoms with Gasteiger partial charge in [0.25, 0.3) is 0 Å². The van der Waals surface area contributed by atoms with Crippen LogP contribution in [0.15, 0.2) is 43.0 Å². The lowest BCUT2D eigenvalue weighted by atomic mass is 9.83. The van der Waals surface area contributed by atoms with Crippen LogP contribution < -0.4 is 0 Å². The molecular weight excluding hydrogens is 308 g/mol. The van der Waals surface area contributed by atoms with Gasteiger partial charge in [-0.1, -0.05) is 31.4 Å². The van der Waals surface area contributed by atoms with E-state index in [1.807, 2.05) is 24.1 Å². The Hall–Kier alpha value is -2.62. The fraction of sp³-hybridized carbons (Fsp3) is 0.333. The molecule has 0 atom stereocenters. The molecule has 0 saturated heterocycles. The van der Waals surface area contributed by atoms with Gasteiger partial charge in [0.15, 0.2) is 0 Å². The molecule has 5 rings (SSSR count). The average molecular weight is 330 g/mol. The molecule has 25 heavy (non-hydrogen) atoms. The number of nitrogens with zero attached hydrogens (tertiary/aromatic N) is 3. The van der Waals surface area contributed by atoms with Gasteiger partial charge in [-0.05, 0) is 41.3 Å². The molecule has 4 nitrogen and oxygen atoms in total. The zero-order valence-electron chi connectivity index (χ0n) is 14.5. The molecule has 3 heterocycles.